The summed E-state index contributed by atoms with van der Waals surface area (Å²) in [5.74, 6) is -0.298. The maximum absolute atomic E-state index is 13.3. The summed E-state index contributed by atoms with van der Waals surface area (Å²) in [4.78, 5) is 15.5. The van der Waals surface area contributed by atoms with Crippen LogP contribution in [0.5, 0.6) is 0 Å². The predicted molar refractivity (Wildman–Crippen MR) is 79.7 cm³/mol. The molecule has 21 heavy (non-hydrogen) atoms. The molecule has 0 saturated carbocycles. The van der Waals surface area contributed by atoms with Crippen LogP contribution in [0.1, 0.15) is 39.4 Å². The monoisotopic (exact) mass is 292 g/mol. The SMILES string of the molecule is CCCn1c(CC(C)(C)CC(=O)O)nc2cc(F)ccc21. The molecular weight excluding hydrogens is 271 g/mol. The number of aromatic nitrogens is 2. The molecule has 0 fully saturated rings. The largest absolute Gasteiger partial charge is 0.481 e. The third kappa shape index (κ3) is 3.60. The van der Waals surface area contributed by atoms with E-state index >= 15 is 0 Å². The summed E-state index contributed by atoms with van der Waals surface area (Å²) in [6.45, 7) is 6.69. The van der Waals surface area contributed by atoms with Crippen LogP contribution in [0.15, 0.2) is 18.2 Å². The maximum Gasteiger partial charge on any atom is 0.303 e. The average Bonchev–Trinajstić information content (AvgIpc) is 2.64. The van der Waals surface area contributed by atoms with Gasteiger partial charge in [-0.2, -0.15) is 0 Å². The van der Waals surface area contributed by atoms with Crippen molar-refractivity contribution in [2.45, 2.75) is 46.6 Å². The van der Waals surface area contributed by atoms with Crippen LogP contribution in [-0.4, -0.2) is 20.6 Å². The molecule has 0 unspecified atom stereocenters. The number of aliphatic carboxylic acids is 1. The number of carboxylic acid groups (broad SMARTS) is 1. The first-order valence-corrected chi connectivity index (χ1v) is 7.19. The molecule has 0 bridgehead atoms. The number of hydrogen-bond acceptors (Lipinski definition) is 2. The van der Waals surface area contributed by atoms with E-state index in [1.54, 1.807) is 6.07 Å². The summed E-state index contributed by atoms with van der Waals surface area (Å²) in [5, 5.41) is 9.00. The quantitative estimate of drug-likeness (QED) is 0.884. The number of nitrogens with zero attached hydrogens (tertiary/aromatic N) is 2. The van der Waals surface area contributed by atoms with E-state index in [4.69, 9.17) is 5.11 Å². The van der Waals surface area contributed by atoms with Crippen molar-refractivity contribution in [3.63, 3.8) is 0 Å². The number of hydrogen-bond donors (Lipinski definition) is 1. The molecule has 5 heteroatoms. The molecule has 2 aromatic rings. The van der Waals surface area contributed by atoms with Crippen molar-refractivity contribution in [1.82, 2.24) is 9.55 Å². The Morgan fingerprint density at radius 2 is 2.14 bits per heavy atom. The highest BCUT2D eigenvalue weighted by Gasteiger charge is 2.25. The molecule has 0 aliphatic rings. The fourth-order valence-electron chi connectivity index (χ4n) is 2.66. The third-order valence-electron chi connectivity index (χ3n) is 3.50. The van der Waals surface area contributed by atoms with Crippen LogP contribution >= 0.6 is 0 Å². The molecule has 0 radical (unpaired) electrons. The van der Waals surface area contributed by atoms with Gasteiger partial charge in [-0.3, -0.25) is 4.79 Å². The third-order valence-corrected chi connectivity index (χ3v) is 3.50. The van der Waals surface area contributed by atoms with Gasteiger partial charge in [0.05, 0.1) is 17.5 Å². The van der Waals surface area contributed by atoms with Gasteiger partial charge in [0.15, 0.2) is 0 Å². The van der Waals surface area contributed by atoms with Gasteiger partial charge in [-0.1, -0.05) is 20.8 Å². The highest BCUT2D eigenvalue weighted by molar-refractivity contribution is 5.76. The van der Waals surface area contributed by atoms with Crippen molar-refractivity contribution >= 4 is 17.0 Å². The lowest BCUT2D eigenvalue weighted by Crippen LogP contribution is -2.22. The molecule has 114 valence electrons. The minimum absolute atomic E-state index is 0.0801. The van der Waals surface area contributed by atoms with Gasteiger partial charge in [0.25, 0.3) is 0 Å². The number of halogens is 1. The minimum Gasteiger partial charge on any atom is -0.481 e. The van der Waals surface area contributed by atoms with Crippen molar-refractivity contribution < 1.29 is 14.3 Å². The second kappa shape index (κ2) is 5.84. The van der Waals surface area contributed by atoms with Crippen LogP contribution < -0.4 is 0 Å². The zero-order valence-electron chi connectivity index (χ0n) is 12.7. The number of fused-ring (bicyclic) bond motifs is 1. The molecule has 0 aliphatic heterocycles. The molecule has 0 atom stereocenters. The molecule has 0 aliphatic carbocycles. The standard InChI is InChI=1S/C16H21FN2O2/c1-4-7-19-13-6-5-11(17)8-12(13)18-14(19)9-16(2,3)10-15(20)21/h5-6,8H,4,7,9-10H2,1-3H3,(H,20,21). The van der Waals surface area contributed by atoms with Gasteiger partial charge in [0.1, 0.15) is 11.6 Å². The Labute approximate surface area is 123 Å². The molecule has 0 spiro atoms. The fourth-order valence-corrected chi connectivity index (χ4v) is 2.66. The van der Waals surface area contributed by atoms with Gasteiger partial charge in [0, 0.05) is 19.0 Å². The number of imidazole rings is 1. The summed E-state index contributed by atoms with van der Waals surface area (Å²) in [7, 11) is 0. The van der Waals surface area contributed by atoms with Gasteiger partial charge in [0.2, 0.25) is 0 Å². The minimum atomic E-state index is -0.816. The number of carboxylic acids is 1. The van der Waals surface area contributed by atoms with Crippen LogP contribution in [-0.2, 0) is 17.8 Å². The van der Waals surface area contributed by atoms with Gasteiger partial charge < -0.3 is 9.67 Å². The lowest BCUT2D eigenvalue weighted by molar-refractivity contribution is -0.139. The number of benzene rings is 1. The molecule has 1 heterocycles. The Morgan fingerprint density at radius 1 is 1.43 bits per heavy atom. The van der Waals surface area contributed by atoms with E-state index in [2.05, 4.69) is 16.5 Å². The Hall–Kier alpha value is -1.91. The Kier molecular flexibility index (Phi) is 4.30. The summed E-state index contributed by atoms with van der Waals surface area (Å²) in [5.41, 5.74) is 1.14. The second-order valence-electron chi connectivity index (χ2n) is 6.22. The molecular formula is C16H21FN2O2. The fraction of sp³-hybridized carbons (Fsp3) is 0.500. The van der Waals surface area contributed by atoms with Crippen molar-refractivity contribution in [2.24, 2.45) is 5.41 Å². The Balaban J connectivity index is 2.42. The molecule has 1 aromatic heterocycles. The molecule has 0 amide bonds. The zero-order chi connectivity index (χ0) is 15.6. The second-order valence-corrected chi connectivity index (χ2v) is 6.22. The zero-order valence-corrected chi connectivity index (χ0v) is 12.7. The average molecular weight is 292 g/mol. The van der Waals surface area contributed by atoms with E-state index in [0.717, 1.165) is 24.3 Å². The molecule has 1 N–H and O–H groups in total. The van der Waals surface area contributed by atoms with Crippen molar-refractivity contribution in [3.8, 4) is 0 Å². The van der Waals surface area contributed by atoms with E-state index < -0.39 is 11.4 Å². The van der Waals surface area contributed by atoms with Crippen LogP contribution in [0.2, 0.25) is 0 Å². The van der Waals surface area contributed by atoms with E-state index in [1.165, 1.54) is 12.1 Å². The number of carbonyl (C=O) groups is 1. The maximum atomic E-state index is 13.3. The summed E-state index contributed by atoms with van der Waals surface area (Å²) < 4.78 is 15.4. The lowest BCUT2D eigenvalue weighted by Gasteiger charge is -2.22. The van der Waals surface area contributed by atoms with Crippen molar-refractivity contribution in [2.75, 3.05) is 0 Å². The van der Waals surface area contributed by atoms with Gasteiger partial charge in [-0.25, -0.2) is 9.37 Å². The topological polar surface area (TPSA) is 55.1 Å². The molecule has 1 aromatic carbocycles. The van der Waals surface area contributed by atoms with Gasteiger partial charge in [-0.05, 0) is 24.0 Å². The molecule has 2 rings (SSSR count). The summed E-state index contributed by atoms with van der Waals surface area (Å²) >= 11 is 0. The summed E-state index contributed by atoms with van der Waals surface area (Å²) in [6.07, 6.45) is 1.57. The van der Waals surface area contributed by atoms with E-state index in [-0.39, 0.29) is 12.2 Å². The summed E-state index contributed by atoms with van der Waals surface area (Å²) in [6, 6.07) is 4.60. The van der Waals surface area contributed by atoms with Gasteiger partial charge in [-0.15, -0.1) is 0 Å². The van der Waals surface area contributed by atoms with Crippen LogP contribution in [0.4, 0.5) is 4.39 Å². The smallest absolute Gasteiger partial charge is 0.303 e. The van der Waals surface area contributed by atoms with Gasteiger partial charge >= 0.3 is 5.97 Å². The highest BCUT2D eigenvalue weighted by Crippen LogP contribution is 2.28. The van der Waals surface area contributed by atoms with E-state index in [9.17, 15) is 9.18 Å². The predicted octanol–water partition coefficient (Wildman–Crippen LogP) is 3.63. The first-order chi connectivity index (χ1) is 9.82. The van der Waals surface area contributed by atoms with Crippen molar-refractivity contribution in [3.05, 3.63) is 29.8 Å². The van der Waals surface area contributed by atoms with E-state index in [0.29, 0.717) is 11.9 Å². The lowest BCUT2D eigenvalue weighted by atomic mass is 9.85. The first-order valence-electron chi connectivity index (χ1n) is 7.19. The van der Waals surface area contributed by atoms with E-state index in [1.807, 2.05) is 13.8 Å². The van der Waals surface area contributed by atoms with Crippen LogP contribution in [0, 0.1) is 11.2 Å². The molecule has 0 saturated heterocycles. The first kappa shape index (κ1) is 15.5. The van der Waals surface area contributed by atoms with Crippen LogP contribution in [0.25, 0.3) is 11.0 Å². The number of aryl methyl sites for hydroxylation is 1. The van der Waals surface area contributed by atoms with Crippen molar-refractivity contribution in [1.29, 1.82) is 0 Å². The highest BCUT2D eigenvalue weighted by atomic mass is 19.1. The molecule has 4 nitrogen and oxygen atoms in total. The normalized spacial score (nSPS) is 12.0. The van der Waals surface area contributed by atoms with Crippen LogP contribution in [0.3, 0.4) is 0 Å². The Bertz CT molecular complexity index is 662. The Morgan fingerprint density at radius 3 is 2.76 bits per heavy atom. The number of rotatable bonds is 6.